The Morgan fingerprint density at radius 2 is 1.79 bits per heavy atom. The number of nitrogens with one attached hydrogen (secondary N) is 1. The van der Waals surface area contributed by atoms with E-state index in [1.807, 2.05) is 0 Å². The van der Waals surface area contributed by atoms with Crippen LogP contribution in [-0.2, 0) is 19.1 Å². The van der Waals surface area contributed by atoms with Gasteiger partial charge in [-0.05, 0) is 32.6 Å². The molecule has 1 rings (SSSR count). The van der Waals surface area contributed by atoms with E-state index < -0.39 is 5.97 Å². The van der Waals surface area contributed by atoms with Gasteiger partial charge in [0.25, 0.3) is 0 Å². The van der Waals surface area contributed by atoms with E-state index in [0.717, 1.165) is 0 Å². The molecule has 108 valence electrons. The van der Waals surface area contributed by atoms with Gasteiger partial charge < -0.3 is 15.2 Å². The second kappa shape index (κ2) is 7.76. The van der Waals surface area contributed by atoms with Crippen LogP contribution in [0.15, 0.2) is 0 Å². The maximum Gasteiger partial charge on any atom is 0.306 e. The van der Waals surface area contributed by atoms with Crippen molar-refractivity contribution in [3.63, 3.8) is 0 Å². The van der Waals surface area contributed by atoms with E-state index >= 15 is 0 Å². The number of hydrogen-bond donors (Lipinski definition) is 2. The Morgan fingerprint density at radius 1 is 1.16 bits per heavy atom. The number of carbonyl (C=O) groups is 3. The lowest BCUT2D eigenvalue weighted by Crippen LogP contribution is -2.38. The van der Waals surface area contributed by atoms with Crippen molar-refractivity contribution in [1.82, 2.24) is 5.32 Å². The SMILES string of the molecule is CCOC(=O)CCC(=O)NC1CCC(C(=O)O)CC1. The van der Waals surface area contributed by atoms with E-state index in [4.69, 9.17) is 9.84 Å². The highest BCUT2D eigenvalue weighted by molar-refractivity contribution is 5.81. The average molecular weight is 271 g/mol. The predicted octanol–water partition coefficient (Wildman–Crippen LogP) is 1.09. The zero-order valence-corrected chi connectivity index (χ0v) is 11.2. The van der Waals surface area contributed by atoms with Crippen LogP contribution in [0.4, 0.5) is 0 Å². The zero-order valence-electron chi connectivity index (χ0n) is 11.2. The van der Waals surface area contributed by atoms with Gasteiger partial charge in [0.15, 0.2) is 0 Å². The molecule has 2 N–H and O–H groups in total. The number of ether oxygens (including phenoxy) is 1. The fraction of sp³-hybridized carbons (Fsp3) is 0.769. The molecule has 0 atom stereocenters. The van der Waals surface area contributed by atoms with Crippen molar-refractivity contribution in [2.45, 2.75) is 51.5 Å². The van der Waals surface area contributed by atoms with E-state index in [-0.39, 0.29) is 36.7 Å². The summed E-state index contributed by atoms with van der Waals surface area (Å²) in [5.74, 6) is -1.58. The summed E-state index contributed by atoms with van der Waals surface area (Å²) in [6.45, 7) is 2.04. The van der Waals surface area contributed by atoms with Crippen LogP contribution in [-0.4, -0.2) is 35.6 Å². The lowest BCUT2D eigenvalue weighted by Gasteiger charge is -2.26. The Balaban J connectivity index is 2.20. The summed E-state index contributed by atoms with van der Waals surface area (Å²) in [5, 5.41) is 11.7. The van der Waals surface area contributed by atoms with Crippen molar-refractivity contribution in [3.05, 3.63) is 0 Å². The smallest absolute Gasteiger partial charge is 0.306 e. The third-order valence-electron chi connectivity index (χ3n) is 3.30. The molecule has 0 spiro atoms. The van der Waals surface area contributed by atoms with Crippen LogP contribution in [0.2, 0.25) is 0 Å². The van der Waals surface area contributed by atoms with Crippen LogP contribution in [0.1, 0.15) is 45.4 Å². The Bertz CT molecular complexity index is 334. The Kier molecular flexibility index (Phi) is 6.32. The molecule has 0 unspecified atom stereocenters. The summed E-state index contributed by atoms with van der Waals surface area (Å²) in [6, 6.07) is 0.0327. The molecule has 1 saturated carbocycles. The van der Waals surface area contributed by atoms with Gasteiger partial charge >= 0.3 is 11.9 Å². The molecule has 6 nitrogen and oxygen atoms in total. The molecule has 19 heavy (non-hydrogen) atoms. The van der Waals surface area contributed by atoms with Crippen molar-refractivity contribution in [2.24, 2.45) is 5.92 Å². The number of hydrogen-bond acceptors (Lipinski definition) is 4. The van der Waals surface area contributed by atoms with Gasteiger partial charge in [-0.2, -0.15) is 0 Å². The second-order valence-corrected chi connectivity index (χ2v) is 4.76. The molecule has 0 aliphatic heterocycles. The molecule has 1 fully saturated rings. The first-order chi connectivity index (χ1) is 9.02. The summed E-state index contributed by atoms with van der Waals surface area (Å²) < 4.78 is 4.74. The monoisotopic (exact) mass is 271 g/mol. The summed E-state index contributed by atoms with van der Waals surface area (Å²) in [7, 11) is 0. The largest absolute Gasteiger partial charge is 0.481 e. The van der Waals surface area contributed by atoms with Crippen molar-refractivity contribution in [3.8, 4) is 0 Å². The fourth-order valence-electron chi connectivity index (χ4n) is 2.23. The van der Waals surface area contributed by atoms with E-state index in [1.54, 1.807) is 6.92 Å². The van der Waals surface area contributed by atoms with E-state index in [9.17, 15) is 14.4 Å². The van der Waals surface area contributed by atoms with Gasteiger partial charge in [0.05, 0.1) is 18.9 Å². The highest BCUT2D eigenvalue weighted by Gasteiger charge is 2.26. The maximum absolute atomic E-state index is 11.6. The molecule has 0 aromatic rings. The minimum absolute atomic E-state index is 0.0327. The molecule has 0 aromatic carbocycles. The van der Waals surface area contributed by atoms with Crippen LogP contribution in [0, 0.1) is 5.92 Å². The van der Waals surface area contributed by atoms with Crippen molar-refractivity contribution < 1.29 is 24.2 Å². The van der Waals surface area contributed by atoms with Crippen LogP contribution in [0.25, 0.3) is 0 Å². The van der Waals surface area contributed by atoms with Crippen LogP contribution in [0.3, 0.4) is 0 Å². The second-order valence-electron chi connectivity index (χ2n) is 4.76. The first kappa shape index (κ1) is 15.5. The Hall–Kier alpha value is -1.59. The highest BCUT2D eigenvalue weighted by atomic mass is 16.5. The number of esters is 1. The van der Waals surface area contributed by atoms with E-state index in [0.29, 0.717) is 32.3 Å². The summed E-state index contributed by atoms with van der Waals surface area (Å²) in [6.07, 6.45) is 2.77. The maximum atomic E-state index is 11.6. The van der Waals surface area contributed by atoms with Crippen molar-refractivity contribution in [1.29, 1.82) is 0 Å². The third-order valence-corrected chi connectivity index (χ3v) is 3.30. The van der Waals surface area contributed by atoms with E-state index in [1.165, 1.54) is 0 Å². The van der Waals surface area contributed by atoms with Gasteiger partial charge in [0.1, 0.15) is 0 Å². The molecule has 0 bridgehead atoms. The standard InChI is InChI=1S/C13H21NO5/c1-2-19-12(16)8-7-11(15)14-10-5-3-9(4-6-10)13(17)18/h9-10H,2-8H2,1H3,(H,14,15)(H,17,18). The highest BCUT2D eigenvalue weighted by Crippen LogP contribution is 2.24. The molecular weight excluding hydrogens is 250 g/mol. The molecule has 1 amide bonds. The fourth-order valence-corrected chi connectivity index (χ4v) is 2.23. The number of amides is 1. The topological polar surface area (TPSA) is 92.7 Å². The number of carbonyl (C=O) groups excluding carboxylic acids is 2. The molecule has 0 aromatic heterocycles. The van der Waals surface area contributed by atoms with Gasteiger partial charge in [-0.25, -0.2) is 0 Å². The Labute approximate surface area is 112 Å². The van der Waals surface area contributed by atoms with Gasteiger partial charge in [-0.3, -0.25) is 14.4 Å². The molecule has 0 radical (unpaired) electrons. The molecule has 1 aliphatic rings. The predicted molar refractivity (Wildman–Crippen MR) is 67.4 cm³/mol. The molecule has 6 heteroatoms. The zero-order chi connectivity index (χ0) is 14.3. The van der Waals surface area contributed by atoms with Gasteiger partial charge in [-0.1, -0.05) is 0 Å². The molecule has 0 heterocycles. The van der Waals surface area contributed by atoms with Crippen LogP contribution < -0.4 is 5.32 Å². The number of rotatable bonds is 6. The van der Waals surface area contributed by atoms with Crippen LogP contribution in [0.5, 0.6) is 0 Å². The normalized spacial score (nSPS) is 22.6. The molecule has 0 saturated heterocycles. The van der Waals surface area contributed by atoms with Gasteiger partial charge in [0.2, 0.25) is 5.91 Å². The van der Waals surface area contributed by atoms with Crippen molar-refractivity contribution >= 4 is 17.8 Å². The Morgan fingerprint density at radius 3 is 2.32 bits per heavy atom. The first-order valence-electron chi connectivity index (χ1n) is 6.70. The lowest BCUT2D eigenvalue weighted by atomic mass is 9.86. The van der Waals surface area contributed by atoms with Gasteiger partial charge in [-0.15, -0.1) is 0 Å². The minimum Gasteiger partial charge on any atom is -0.481 e. The molecular formula is C13H21NO5. The number of aliphatic carboxylic acids is 1. The number of carboxylic acid groups (broad SMARTS) is 1. The first-order valence-corrected chi connectivity index (χ1v) is 6.70. The van der Waals surface area contributed by atoms with Gasteiger partial charge in [0, 0.05) is 12.5 Å². The van der Waals surface area contributed by atoms with Crippen LogP contribution >= 0.6 is 0 Å². The summed E-state index contributed by atoms with van der Waals surface area (Å²) in [5.41, 5.74) is 0. The summed E-state index contributed by atoms with van der Waals surface area (Å²) in [4.78, 5) is 33.5. The quantitative estimate of drug-likeness (QED) is 0.705. The minimum atomic E-state index is -0.757. The average Bonchev–Trinajstić information content (AvgIpc) is 2.37. The lowest BCUT2D eigenvalue weighted by molar-refractivity contribution is -0.145. The summed E-state index contributed by atoms with van der Waals surface area (Å²) >= 11 is 0. The van der Waals surface area contributed by atoms with Crippen molar-refractivity contribution in [2.75, 3.05) is 6.61 Å². The number of carboxylic acids is 1. The molecule has 1 aliphatic carbocycles. The van der Waals surface area contributed by atoms with E-state index in [2.05, 4.69) is 5.32 Å². The third kappa shape index (κ3) is 5.72.